The molecule has 2 fully saturated rings. The number of piperidine rings is 1. The standard InChI is InChI=1S/C17H23N3O2S/c18-11-12-7-10-23-16(12)17(22)19-13-5-8-20(9-6-13)14-3-1-2-4-15(14)21/h7,10,13-15,21H,1-6,8-9H2,(H,19,22). The van der Waals surface area contributed by atoms with Crippen LogP contribution in [0.2, 0.25) is 0 Å². The van der Waals surface area contributed by atoms with Gasteiger partial charge in [-0.2, -0.15) is 5.26 Å². The van der Waals surface area contributed by atoms with Crippen molar-refractivity contribution in [1.82, 2.24) is 10.2 Å². The summed E-state index contributed by atoms with van der Waals surface area (Å²) in [6, 6.07) is 4.20. The number of carbonyl (C=O) groups is 1. The molecular formula is C17H23N3O2S. The molecule has 2 heterocycles. The molecule has 124 valence electrons. The zero-order valence-corrected chi connectivity index (χ0v) is 14.0. The summed E-state index contributed by atoms with van der Waals surface area (Å²) >= 11 is 1.32. The second-order valence-electron chi connectivity index (χ2n) is 6.48. The quantitative estimate of drug-likeness (QED) is 0.888. The second kappa shape index (κ2) is 7.43. The third-order valence-corrected chi connectivity index (χ3v) is 5.93. The van der Waals surface area contributed by atoms with Crippen LogP contribution >= 0.6 is 11.3 Å². The molecule has 2 N–H and O–H groups in total. The van der Waals surface area contributed by atoms with E-state index in [0.29, 0.717) is 16.5 Å². The number of amides is 1. The van der Waals surface area contributed by atoms with Gasteiger partial charge < -0.3 is 10.4 Å². The van der Waals surface area contributed by atoms with Crippen molar-refractivity contribution in [2.75, 3.05) is 13.1 Å². The summed E-state index contributed by atoms with van der Waals surface area (Å²) in [4.78, 5) is 15.2. The van der Waals surface area contributed by atoms with Gasteiger partial charge in [0.25, 0.3) is 5.91 Å². The molecule has 23 heavy (non-hydrogen) atoms. The highest BCUT2D eigenvalue weighted by Gasteiger charge is 2.32. The van der Waals surface area contributed by atoms with Gasteiger partial charge in [0.15, 0.2) is 0 Å². The second-order valence-corrected chi connectivity index (χ2v) is 7.39. The van der Waals surface area contributed by atoms with Crippen molar-refractivity contribution in [3.05, 3.63) is 21.9 Å². The van der Waals surface area contributed by atoms with E-state index in [-0.39, 0.29) is 18.1 Å². The molecule has 2 unspecified atom stereocenters. The predicted molar refractivity (Wildman–Crippen MR) is 89.4 cm³/mol. The zero-order chi connectivity index (χ0) is 16.2. The predicted octanol–water partition coefficient (Wildman–Crippen LogP) is 2.12. The molecule has 1 saturated carbocycles. The maximum absolute atomic E-state index is 12.3. The molecule has 0 bridgehead atoms. The maximum Gasteiger partial charge on any atom is 0.262 e. The van der Waals surface area contributed by atoms with Gasteiger partial charge in [0.2, 0.25) is 0 Å². The molecule has 6 heteroatoms. The van der Waals surface area contributed by atoms with E-state index >= 15 is 0 Å². The number of hydrogen-bond acceptors (Lipinski definition) is 5. The van der Waals surface area contributed by atoms with E-state index in [0.717, 1.165) is 45.2 Å². The Morgan fingerprint density at radius 1 is 1.30 bits per heavy atom. The van der Waals surface area contributed by atoms with Crippen LogP contribution in [0, 0.1) is 11.3 Å². The molecule has 5 nitrogen and oxygen atoms in total. The van der Waals surface area contributed by atoms with Crippen molar-refractivity contribution in [3.8, 4) is 6.07 Å². The number of carbonyl (C=O) groups excluding carboxylic acids is 1. The van der Waals surface area contributed by atoms with Crippen LogP contribution < -0.4 is 5.32 Å². The molecule has 1 saturated heterocycles. The fourth-order valence-electron chi connectivity index (χ4n) is 3.72. The fraction of sp³-hybridized carbons (Fsp3) is 0.647. The minimum atomic E-state index is -0.195. The molecule has 1 aliphatic heterocycles. The first-order valence-corrected chi connectivity index (χ1v) is 9.27. The van der Waals surface area contributed by atoms with Crippen LogP contribution in [0.5, 0.6) is 0 Å². The number of nitrogens with zero attached hydrogens (tertiary/aromatic N) is 2. The summed E-state index contributed by atoms with van der Waals surface area (Å²) in [6.07, 6.45) is 5.94. The highest BCUT2D eigenvalue weighted by Crippen LogP contribution is 2.26. The van der Waals surface area contributed by atoms with Gasteiger partial charge in [-0.3, -0.25) is 9.69 Å². The Bertz CT molecular complexity index is 587. The average molecular weight is 333 g/mol. The summed E-state index contributed by atoms with van der Waals surface area (Å²) in [5.41, 5.74) is 0.454. The summed E-state index contributed by atoms with van der Waals surface area (Å²) in [6.45, 7) is 1.84. The maximum atomic E-state index is 12.3. The Morgan fingerprint density at radius 2 is 2.04 bits per heavy atom. The highest BCUT2D eigenvalue weighted by molar-refractivity contribution is 7.12. The van der Waals surface area contributed by atoms with Crippen LogP contribution in [0.3, 0.4) is 0 Å². The lowest BCUT2D eigenvalue weighted by Gasteiger charge is -2.41. The third kappa shape index (κ3) is 3.74. The van der Waals surface area contributed by atoms with Crippen molar-refractivity contribution in [3.63, 3.8) is 0 Å². The first-order chi connectivity index (χ1) is 11.2. The van der Waals surface area contributed by atoms with E-state index < -0.39 is 0 Å². The van der Waals surface area contributed by atoms with Gasteiger partial charge in [-0.15, -0.1) is 11.3 Å². The van der Waals surface area contributed by atoms with Gasteiger partial charge in [-0.25, -0.2) is 0 Å². The largest absolute Gasteiger partial charge is 0.391 e. The minimum absolute atomic E-state index is 0.132. The van der Waals surface area contributed by atoms with Gasteiger partial charge in [-0.05, 0) is 37.1 Å². The van der Waals surface area contributed by atoms with Crippen LogP contribution in [0.25, 0.3) is 0 Å². The number of aliphatic hydroxyl groups excluding tert-OH is 1. The number of rotatable bonds is 3. The Hall–Kier alpha value is -1.42. The van der Waals surface area contributed by atoms with Crippen molar-refractivity contribution in [1.29, 1.82) is 5.26 Å². The Labute approximate surface area is 140 Å². The molecule has 0 radical (unpaired) electrons. The lowest BCUT2D eigenvalue weighted by atomic mass is 9.89. The van der Waals surface area contributed by atoms with Crippen LogP contribution in [-0.2, 0) is 0 Å². The van der Waals surface area contributed by atoms with E-state index in [4.69, 9.17) is 5.26 Å². The summed E-state index contributed by atoms with van der Waals surface area (Å²) < 4.78 is 0. The Balaban J connectivity index is 1.51. The minimum Gasteiger partial charge on any atom is -0.391 e. The molecule has 3 rings (SSSR count). The molecule has 2 aliphatic rings. The molecule has 1 amide bonds. The summed E-state index contributed by atoms with van der Waals surface area (Å²) in [5.74, 6) is -0.132. The first-order valence-electron chi connectivity index (χ1n) is 8.39. The van der Waals surface area contributed by atoms with Crippen molar-refractivity contribution in [2.24, 2.45) is 0 Å². The van der Waals surface area contributed by atoms with E-state index in [2.05, 4.69) is 16.3 Å². The number of thiophene rings is 1. The molecule has 0 aromatic carbocycles. The van der Waals surface area contributed by atoms with Crippen molar-refractivity contribution >= 4 is 17.2 Å². The number of nitrogens with one attached hydrogen (secondary N) is 1. The third-order valence-electron chi connectivity index (χ3n) is 5.02. The summed E-state index contributed by atoms with van der Waals surface area (Å²) in [5, 5.41) is 24.0. The van der Waals surface area contributed by atoms with Gasteiger partial charge in [-0.1, -0.05) is 12.8 Å². The number of hydrogen-bond donors (Lipinski definition) is 2. The smallest absolute Gasteiger partial charge is 0.262 e. The fourth-order valence-corrected chi connectivity index (χ4v) is 4.46. The topological polar surface area (TPSA) is 76.4 Å². The van der Waals surface area contributed by atoms with E-state index in [1.807, 2.05) is 0 Å². The van der Waals surface area contributed by atoms with Gasteiger partial charge >= 0.3 is 0 Å². The monoisotopic (exact) mass is 333 g/mol. The lowest BCUT2D eigenvalue weighted by molar-refractivity contribution is 0.00728. The lowest BCUT2D eigenvalue weighted by Crippen LogP contribution is -2.52. The Kier molecular flexibility index (Phi) is 5.31. The number of likely N-dealkylation sites (tertiary alicyclic amines) is 1. The van der Waals surface area contributed by atoms with Crippen LogP contribution in [0.4, 0.5) is 0 Å². The van der Waals surface area contributed by atoms with E-state index in [9.17, 15) is 9.90 Å². The molecule has 0 spiro atoms. The van der Waals surface area contributed by atoms with Crippen LogP contribution in [0.15, 0.2) is 11.4 Å². The molecule has 1 aromatic heterocycles. The molecule has 2 atom stereocenters. The van der Waals surface area contributed by atoms with Gasteiger partial charge in [0.1, 0.15) is 10.9 Å². The number of nitriles is 1. The van der Waals surface area contributed by atoms with E-state index in [1.165, 1.54) is 17.8 Å². The normalized spacial score (nSPS) is 26.6. The highest BCUT2D eigenvalue weighted by atomic mass is 32.1. The zero-order valence-electron chi connectivity index (χ0n) is 13.2. The Morgan fingerprint density at radius 3 is 2.74 bits per heavy atom. The van der Waals surface area contributed by atoms with Crippen LogP contribution in [0.1, 0.15) is 53.8 Å². The SMILES string of the molecule is N#Cc1ccsc1C(=O)NC1CCN(C2CCCCC2O)CC1. The van der Waals surface area contributed by atoms with Crippen molar-refractivity contribution < 1.29 is 9.90 Å². The van der Waals surface area contributed by atoms with Gasteiger partial charge in [0.05, 0.1) is 11.7 Å². The summed E-state index contributed by atoms with van der Waals surface area (Å²) in [7, 11) is 0. The molecular weight excluding hydrogens is 310 g/mol. The van der Waals surface area contributed by atoms with Crippen LogP contribution in [-0.4, -0.2) is 47.2 Å². The average Bonchev–Trinajstić information content (AvgIpc) is 3.05. The molecule has 1 aliphatic carbocycles. The molecule has 1 aromatic rings. The van der Waals surface area contributed by atoms with Gasteiger partial charge in [0, 0.05) is 25.2 Å². The number of aliphatic hydroxyl groups is 1. The van der Waals surface area contributed by atoms with Crippen molar-refractivity contribution in [2.45, 2.75) is 56.7 Å². The first kappa shape index (κ1) is 16.4. The van der Waals surface area contributed by atoms with E-state index in [1.54, 1.807) is 11.4 Å².